The Labute approximate surface area is 236 Å². The van der Waals surface area contributed by atoms with E-state index in [1.165, 1.54) is 0 Å². The van der Waals surface area contributed by atoms with Crippen LogP contribution in [-0.2, 0) is 14.3 Å². The second-order valence-corrected chi connectivity index (χ2v) is 11.1. The van der Waals surface area contributed by atoms with Gasteiger partial charge in [0.2, 0.25) is 5.92 Å². The molecule has 2 aliphatic rings. The van der Waals surface area contributed by atoms with Crippen LogP contribution < -0.4 is 0 Å². The molecule has 3 atom stereocenters. The van der Waals surface area contributed by atoms with E-state index in [1.807, 2.05) is 6.92 Å². The van der Waals surface area contributed by atoms with Gasteiger partial charge in [0.05, 0.1) is 11.8 Å². The Morgan fingerprint density at radius 3 is 2.10 bits per heavy atom. The fourth-order valence-corrected chi connectivity index (χ4v) is 5.22. The molecule has 0 saturated heterocycles. The number of rotatable bonds is 12. The maximum absolute atomic E-state index is 13.6. The Bertz CT molecular complexity index is 975. The lowest BCUT2D eigenvalue weighted by atomic mass is 9.77. The highest BCUT2D eigenvalue weighted by Crippen LogP contribution is 2.41. The number of alkyl halides is 11. The molecule has 3 unspecified atom stereocenters. The van der Waals surface area contributed by atoms with Gasteiger partial charge in [-0.15, -0.1) is 0 Å². The summed E-state index contributed by atoms with van der Waals surface area (Å²) in [4.78, 5) is 30.5. The van der Waals surface area contributed by atoms with E-state index in [2.05, 4.69) is 9.73 Å². The number of carbonyl (C=O) groups excluding carboxylic acids is 2. The van der Waals surface area contributed by atoms with Crippen molar-refractivity contribution in [2.24, 2.45) is 22.7 Å². The number of hydrogen-bond acceptors (Lipinski definition) is 4. The Hall–Kier alpha value is -2.22. The first-order valence-corrected chi connectivity index (χ1v) is 13.7. The number of carbonyl (C=O) groups is 2. The van der Waals surface area contributed by atoms with E-state index in [0.717, 1.165) is 0 Å². The molecular weight excluding hydrogens is 595 g/mol. The number of aliphatic imine (C=N–C) groups is 1. The van der Waals surface area contributed by atoms with Crippen molar-refractivity contribution in [1.29, 1.82) is 0 Å². The van der Waals surface area contributed by atoms with Gasteiger partial charge < -0.3 is 4.74 Å². The molecule has 15 heteroatoms. The van der Waals surface area contributed by atoms with Crippen LogP contribution in [0.15, 0.2) is 16.3 Å². The van der Waals surface area contributed by atoms with E-state index in [0.29, 0.717) is 19.8 Å². The number of esters is 1. The molecular formula is C27H34F11NO3. The van der Waals surface area contributed by atoms with Crippen LogP contribution in [0.5, 0.6) is 0 Å². The van der Waals surface area contributed by atoms with Crippen LogP contribution in [0, 0.1) is 17.8 Å². The minimum Gasteiger partial charge on any atom is -0.443 e. The summed E-state index contributed by atoms with van der Waals surface area (Å²) in [5.41, 5.74) is 0.358. The van der Waals surface area contributed by atoms with Crippen LogP contribution in [0.4, 0.5) is 48.3 Å². The summed E-state index contributed by atoms with van der Waals surface area (Å²) < 4.78 is 147. The minimum atomic E-state index is -5.90. The average Bonchev–Trinajstić information content (AvgIpc) is 3.04. The van der Waals surface area contributed by atoms with Crippen molar-refractivity contribution in [2.45, 2.75) is 121 Å². The summed E-state index contributed by atoms with van der Waals surface area (Å²) in [6, 6.07) is 0. The molecule has 0 N–H and O–H groups in total. The fraction of sp³-hybridized carbons (Fsp3) is 0.815. The zero-order valence-corrected chi connectivity index (χ0v) is 23.1. The predicted octanol–water partition coefficient (Wildman–Crippen LogP) is 9.08. The van der Waals surface area contributed by atoms with Crippen molar-refractivity contribution in [3.05, 3.63) is 11.3 Å². The smallest absolute Gasteiger partial charge is 0.434 e. The molecule has 0 spiro atoms. The van der Waals surface area contributed by atoms with Crippen LogP contribution >= 0.6 is 0 Å². The second kappa shape index (κ2) is 14.0. The van der Waals surface area contributed by atoms with Gasteiger partial charge in [0.1, 0.15) is 0 Å². The molecule has 2 rings (SSSR count). The van der Waals surface area contributed by atoms with E-state index in [1.54, 1.807) is 0 Å². The highest BCUT2D eigenvalue weighted by atomic mass is 19.4. The molecule has 0 amide bonds. The van der Waals surface area contributed by atoms with Gasteiger partial charge in [-0.05, 0) is 64.2 Å². The molecule has 0 saturated carbocycles. The van der Waals surface area contributed by atoms with E-state index in [-0.39, 0.29) is 55.5 Å². The summed E-state index contributed by atoms with van der Waals surface area (Å²) in [5.74, 6) is -8.75. The van der Waals surface area contributed by atoms with E-state index >= 15 is 0 Å². The molecule has 242 valence electrons. The van der Waals surface area contributed by atoms with Crippen molar-refractivity contribution in [3.63, 3.8) is 0 Å². The van der Waals surface area contributed by atoms with Gasteiger partial charge in [-0.1, -0.05) is 13.3 Å². The van der Waals surface area contributed by atoms with Crippen LogP contribution in [0.25, 0.3) is 0 Å². The normalized spacial score (nSPS) is 21.7. The highest BCUT2D eigenvalue weighted by molar-refractivity contribution is 6.14. The molecule has 0 bridgehead atoms. The summed E-state index contributed by atoms with van der Waals surface area (Å²) in [5, 5.41) is 0. The van der Waals surface area contributed by atoms with Gasteiger partial charge >= 0.3 is 24.5 Å². The van der Waals surface area contributed by atoms with Crippen LogP contribution in [-0.4, -0.2) is 48.0 Å². The van der Waals surface area contributed by atoms with Crippen LogP contribution in [0.2, 0.25) is 0 Å². The largest absolute Gasteiger partial charge is 0.443 e. The topological polar surface area (TPSA) is 55.7 Å². The number of allylic oxidation sites excluding steroid dienone is 2. The first-order valence-electron chi connectivity index (χ1n) is 13.7. The number of ketones is 1. The summed E-state index contributed by atoms with van der Waals surface area (Å²) >= 11 is 0. The number of ether oxygens (including phenoxy) is 1. The van der Waals surface area contributed by atoms with Crippen LogP contribution in [0.3, 0.4) is 0 Å². The van der Waals surface area contributed by atoms with Gasteiger partial charge in [-0.25, -0.2) is 8.78 Å². The Morgan fingerprint density at radius 2 is 1.57 bits per heavy atom. The lowest BCUT2D eigenvalue weighted by Gasteiger charge is -2.30. The van der Waals surface area contributed by atoms with Gasteiger partial charge in [0.15, 0.2) is 5.78 Å². The SMILES string of the molecule is CCCCC1=NC2=C(CCCC(C(=O)OC(C(F)(F)F)C(F)(F)F)C2)C(=O)C1CC(CCC(C)(F)F)CCC(F)(F)F. The van der Waals surface area contributed by atoms with E-state index < -0.39 is 85.7 Å². The maximum Gasteiger partial charge on any atom is 0.434 e. The average molecular weight is 630 g/mol. The molecule has 1 aliphatic heterocycles. The molecule has 42 heavy (non-hydrogen) atoms. The van der Waals surface area contributed by atoms with Crippen molar-refractivity contribution in [2.75, 3.05) is 0 Å². The van der Waals surface area contributed by atoms with E-state index in [9.17, 15) is 57.9 Å². The quantitative estimate of drug-likeness (QED) is 0.160. The van der Waals surface area contributed by atoms with Gasteiger partial charge in [-0.2, -0.15) is 39.5 Å². The summed E-state index contributed by atoms with van der Waals surface area (Å²) in [7, 11) is 0. The lowest BCUT2D eigenvalue weighted by Crippen LogP contribution is -2.46. The van der Waals surface area contributed by atoms with Crippen molar-refractivity contribution >= 4 is 17.5 Å². The summed E-state index contributed by atoms with van der Waals surface area (Å²) in [6.45, 7) is 2.46. The number of Topliss-reactive ketones (excluding diaryl/α,β-unsaturated/α-hetero) is 1. The molecule has 4 nitrogen and oxygen atoms in total. The Kier molecular flexibility index (Phi) is 12.0. The fourth-order valence-electron chi connectivity index (χ4n) is 5.22. The Balaban J connectivity index is 2.34. The molecule has 0 aromatic carbocycles. The maximum atomic E-state index is 13.6. The molecule has 0 aromatic rings. The van der Waals surface area contributed by atoms with Crippen molar-refractivity contribution < 1.29 is 62.6 Å². The molecule has 0 fully saturated rings. The lowest BCUT2D eigenvalue weighted by molar-refractivity contribution is -0.314. The van der Waals surface area contributed by atoms with Gasteiger partial charge in [0, 0.05) is 36.2 Å². The first kappa shape index (κ1) is 36.0. The first-order chi connectivity index (χ1) is 19.1. The minimum absolute atomic E-state index is 0.0127. The van der Waals surface area contributed by atoms with Gasteiger partial charge in [0.25, 0.3) is 6.10 Å². The number of unbranched alkanes of at least 4 members (excludes halogenated alkanes) is 1. The van der Waals surface area contributed by atoms with Crippen molar-refractivity contribution in [3.8, 4) is 0 Å². The molecule has 1 aliphatic carbocycles. The van der Waals surface area contributed by atoms with Crippen LogP contribution in [0.1, 0.15) is 90.9 Å². The number of nitrogens with zero attached hydrogens (tertiary/aromatic N) is 1. The number of hydrogen-bond donors (Lipinski definition) is 0. The Morgan fingerprint density at radius 1 is 0.976 bits per heavy atom. The van der Waals surface area contributed by atoms with E-state index in [4.69, 9.17) is 0 Å². The summed E-state index contributed by atoms with van der Waals surface area (Å²) in [6.07, 6.45) is -22.8. The molecule has 0 aromatic heterocycles. The molecule has 0 radical (unpaired) electrons. The zero-order valence-electron chi connectivity index (χ0n) is 23.1. The predicted molar refractivity (Wildman–Crippen MR) is 130 cm³/mol. The third-order valence-corrected chi connectivity index (χ3v) is 7.41. The van der Waals surface area contributed by atoms with Crippen molar-refractivity contribution in [1.82, 2.24) is 0 Å². The molecule has 1 heterocycles. The number of halogens is 11. The highest BCUT2D eigenvalue weighted by Gasteiger charge is 2.60. The van der Waals surface area contributed by atoms with Gasteiger partial charge in [-0.3, -0.25) is 14.6 Å². The monoisotopic (exact) mass is 629 g/mol. The second-order valence-electron chi connectivity index (χ2n) is 11.1. The zero-order chi connectivity index (χ0) is 32.1. The standard InChI is InChI=1S/C27H34F11NO3/c1-3-4-8-19-18(13-15(9-11-24(2,28)29)10-12-25(30,31)32)21(40)17-7-5-6-16(14-20(17)39-19)22(41)42-23(26(33,34)35)27(36,37)38/h15-16,18,23H,3-14H2,1-2H3. The third-order valence-electron chi connectivity index (χ3n) is 7.41. The third kappa shape index (κ3) is 11.1.